The lowest BCUT2D eigenvalue weighted by Gasteiger charge is -2.14. The van der Waals surface area contributed by atoms with E-state index in [4.69, 9.17) is 0 Å². The molecule has 21 heavy (non-hydrogen) atoms. The summed E-state index contributed by atoms with van der Waals surface area (Å²) < 4.78 is 0. The molecule has 1 aromatic rings. The molecule has 0 radical (unpaired) electrons. The lowest BCUT2D eigenvalue weighted by molar-refractivity contribution is -0.384. The Kier molecular flexibility index (Phi) is 5.68. The molecule has 2 heterocycles. The molecule has 8 heteroatoms. The Balaban J connectivity index is 1.89. The summed E-state index contributed by atoms with van der Waals surface area (Å²) in [4.78, 5) is 21.0. The summed E-state index contributed by atoms with van der Waals surface area (Å²) >= 11 is 0. The first kappa shape index (κ1) is 15.4. The van der Waals surface area contributed by atoms with Crippen LogP contribution < -0.4 is 10.6 Å². The number of nitrogens with zero attached hydrogens (tertiary/aromatic N) is 4. The third kappa shape index (κ3) is 4.52. The van der Waals surface area contributed by atoms with Crippen molar-refractivity contribution in [2.45, 2.75) is 26.2 Å². The molecule has 1 aliphatic rings. The summed E-state index contributed by atoms with van der Waals surface area (Å²) in [5.41, 5.74) is -0.0853. The number of nitrogens with one attached hydrogen (secondary N) is 2. The highest BCUT2D eigenvalue weighted by atomic mass is 16.6. The minimum atomic E-state index is -0.460. The molecule has 2 rings (SSSR count). The van der Waals surface area contributed by atoms with Crippen molar-refractivity contribution in [1.82, 2.24) is 14.9 Å². The second-order valence-corrected chi connectivity index (χ2v) is 5.04. The fourth-order valence-electron chi connectivity index (χ4n) is 2.40. The number of aromatic nitrogens is 2. The minimum Gasteiger partial charge on any atom is -0.364 e. The van der Waals surface area contributed by atoms with Gasteiger partial charge in [0, 0.05) is 13.1 Å². The van der Waals surface area contributed by atoms with E-state index in [0.29, 0.717) is 19.0 Å². The zero-order chi connectivity index (χ0) is 15.1. The molecule has 1 saturated heterocycles. The highest BCUT2D eigenvalue weighted by Crippen LogP contribution is 2.21. The molecule has 0 spiro atoms. The standard InChI is InChI=1S/C13H22N6O2/c1-2-14-13-16-10-11(19(20)21)12(17-13)15-6-5-9-18-7-3-4-8-18/h10H,2-9H2,1H3,(H2,14,15,16,17). The van der Waals surface area contributed by atoms with Gasteiger partial charge in [-0.05, 0) is 45.8 Å². The van der Waals surface area contributed by atoms with Crippen LogP contribution in [-0.2, 0) is 0 Å². The van der Waals surface area contributed by atoms with Crippen molar-refractivity contribution in [3.05, 3.63) is 16.3 Å². The van der Waals surface area contributed by atoms with Gasteiger partial charge < -0.3 is 15.5 Å². The van der Waals surface area contributed by atoms with Gasteiger partial charge in [-0.2, -0.15) is 4.98 Å². The maximum Gasteiger partial charge on any atom is 0.329 e. The SMILES string of the molecule is CCNc1ncc([N+](=O)[O-])c(NCCCN2CCCC2)n1. The lowest BCUT2D eigenvalue weighted by Crippen LogP contribution is -2.22. The summed E-state index contributed by atoms with van der Waals surface area (Å²) in [5.74, 6) is 0.692. The van der Waals surface area contributed by atoms with Crippen LogP contribution in [0.2, 0.25) is 0 Å². The number of likely N-dealkylation sites (tertiary alicyclic amines) is 1. The maximum absolute atomic E-state index is 11.0. The molecule has 1 aliphatic heterocycles. The van der Waals surface area contributed by atoms with E-state index in [1.807, 2.05) is 6.92 Å². The van der Waals surface area contributed by atoms with Gasteiger partial charge in [0.15, 0.2) is 0 Å². The van der Waals surface area contributed by atoms with Crippen molar-refractivity contribution in [2.24, 2.45) is 0 Å². The molecule has 8 nitrogen and oxygen atoms in total. The van der Waals surface area contributed by atoms with Gasteiger partial charge in [0.25, 0.3) is 0 Å². The summed E-state index contributed by atoms with van der Waals surface area (Å²) in [6.45, 7) is 6.61. The second-order valence-electron chi connectivity index (χ2n) is 5.04. The average molecular weight is 294 g/mol. The molecule has 0 unspecified atom stereocenters. The fourth-order valence-corrected chi connectivity index (χ4v) is 2.40. The van der Waals surface area contributed by atoms with Crippen molar-refractivity contribution in [2.75, 3.05) is 43.4 Å². The first-order valence-electron chi connectivity index (χ1n) is 7.42. The molecule has 116 valence electrons. The van der Waals surface area contributed by atoms with Gasteiger partial charge in [0.05, 0.1) is 4.92 Å². The molecule has 0 aromatic carbocycles. The number of anilines is 2. The molecule has 1 aromatic heterocycles. The Morgan fingerprint density at radius 2 is 2.14 bits per heavy atom. The summed E-state index contributed by atoms with van der Waals surface area (Å²) in [5, 5.41) is 17.0. The van der Waals surface area contributed by atoms with E-state index in [0.717, 1.165) is 26.1 Å². The zero-order valence-electron chi connectivity index (χ0n) is 12.3. The number of nitro groups is 1. The smallest absolute Gasteiger partial charge is 0.329 e. The summed E-state index contributed by atoms with van der Waals surface area (Å²) in [6.07, 6.45) is 4.74. The van der Waals surface area contributed by atoms with Crippen molar-refractivity contribution in [3.8, 4) is 0 Å². The van der Waals surface area contributed by atoms with Gasteiger partial charge in [-0.3, -0.25) is 10.1 Å². The van der Waals surface area contributed by atoms with Crippen molar-refractivity contribution >= 4 is 17.5 Å². The normalized spacial score (nSPS) is 15.1. The molecular formula is C13H22N6O2. The molecule has 0 bridgehead atoms. The monoisotopic (exact) mass is 294 g/mol. The molecular weight excluding hydrogens is 272 g/mol. The van der Waals surface area contributed by atoms with Crippen LogP contribution in [0.5, 0.6) is 0 Å². The number of hydrogen-bond acceptors (Lipinski definition) is 7. The second kappa shape index (κ2) is 7.72. The van der Waals surface area contributed by atoms with Crippen molar-refractivity contribution in [3.63, 3.8) is 0 Å². The third-order valence-electron chi connectivity index (χ3n) is 3.44. The van der Waals surface area contributed by atoms with E-state index in [-0.39, 0.29) is 11.5 Å². The van der Waals surface area contributed by atoms with Gasteiger partial charge in [-0.25, -0.2) is 4.98 Å². The zero-order valence-corrected chi connectivity index (χ0v) is 12.3. The van der Waals surface area contributed by atoms with Gasteiger partial charge in [0.2, 0.25) is 11.8 Å². The van der Waals surface area contributed by atoms with Crippen molar-refractivity contribution < 1.29 is 4.92 Å². The topological polar surface area (TPSA) is 96.2 Å². The molecule has 0 saturated carbocycles. The molecule has 2 N–H and O–H groups in total. The summed E-state index contributed by atoms with van der Waals surface area (Å²) in [6, 6.07) is 0. The van der Waals surface area contributed by atoms with Gasteiger partial charge in [-0.15, -0.1) is 0 Å². The van der Waals surface area contributed by atoms with Crippen LogP contribution in [0.3, 0.4) is 0 Å². The van der Waals surface area contributed by atoms with Crippen LogP contribution in [-0.4, -0.2) is 52.5 Å². The predicted octanol–water partition coefficient (Wildman–Crippen LogP) is 1.71. The minimum absolute atomic E-state index is 0.0853. The van der Waals surface area contributed by atoms with Crippen LogP contribution in [0.25, 0.3) is 0 Å². The van der Waals surface area contributed by atoms with E-state index in [1.165, 1.54) is 19.0 Å². The first-order chi connectivity index (χ1) is 10.2. The van der Waals surface area contributed by atoms with E-state index in [9.17, 15) is 10.1 Å². The van der Waals surface area contributed by atoms with E-state index >= 15 is 0 Å². The van der Waals surface area contributed by atoms with E-state index in [2.05, 4.69) is 25.5 Å². The van der Waals surface area contributed by atoms with Gasteiger partial charge in [0.1, 0.15) is 6.20 Å². The van der Waals surface area contributed by atoms with Gasteiger partial charge >= 0.3 is 5.69 Å². The molecule has 1 fully saturated rings. The van der Waals surface area contributed by atoms with Crippen LogP contribution in [0, 0.1) is 10.1 Å². The van der Waals surface area contributed by atoms with Gasteiger partial charge in [-0.1, -0.05) is 0 Å². The average Bonchev–Trinajstić information content (AvgIpc) is 2.97. The van der Waals surface area contributed by atoms with Crippen LogP contribution in [0.15, 0.2) is 6.20 Å². The summed E-state index contributed by atoms with van der Waals surface area (Å²) in [7, 11) is 0. The Morgan fingerprint density at radius 1 is 1.38 bits per heavy atom. The Hall–Kier alpha value is -1.96. The van der Waals surface area contributed by atoms with E-state index in [1.54, 1.807) is 0 Å². The fraction of sp³-hybridized carbons (Fsp3) is 0.692. The first-order valence-corrected chi connectivity index (χ1v) is 7.42. The Labute approximate surface area is 124 Å². The lowest BCUT2D eigenvalue weighted by atomic mass is 10.3. The van der Waals surface area contributed by atoms with Crippen LogP contribution >= 0.6 is 0 Å². The molecule has 0 aliphatic carbocycles. The number of hydrogen-bond donors (Lipinski definition) is 2. The van der Waals surface area contributed by atoms with Crippen LogP contribution in [0.1, 0.15) is 26.2 Å². The van der Waals surface area contributed by atoms with E-state index < -0.39 is 4.92 Å². The quantitative estimate of drug-likeness (QED) is 0.428. The predicted molar refractivity (Wildman–Crippen MR) is 81.6 cm³/mol. The largest absolute Gasteiger partial charge is 0.364 e. The van der Waals surface area contributed by atoms with Crippen LogP contribution in [0.4, 0.5) is 17.5 Å². The highest BCUT2D eigenvalue weighted by molar-refractivity contribution is 5.56. The highest BCUT2D eigenvalue weighted by Gasteiger charge is 2.17. The van der Waals surface area contributed by atoms with Crippen molar-refractivity contribution in [1.29, 1.82) is 0 Å². The Morgan fingerprint density at radius 3 is 2.81 bits per heavy atom. The Bertz CT molecular complexity index is 476. The maximum atomic E-state index is 11.0. The molecule has 0 amide bonds. The third-order valence-corrected chi connectivity index (χ3v) is 3.44. The molecule has 0 atom stereocenters. The number of rotatable bonds is 8.